The first-order valence-corrected chi connectivity index (χ1v) is 5.70. The summed E-state index contributed by atoms with van der Waals surface area (Å²) in [6.45, 7) is 0. The van der Waals surface area contributed by atoms with E-state index < -0.39 is 16.4 Å². The zero-order chi connectivity index (χ0) is 15.2. The molecule has 106 valence electrons. The quantitative estimate of drug-likeness (QED) is 0.478. The van der Waals surface area contributed by atoms with Crippen molar-refractivity contribution in [3.05, 3.63) is 68.1 Å². The Bertz CT molecular complexity index is 730. The molecule has 0 unspecified atom stereocenters. The highest BCUT2D eigenvalue weighted by molar-refractivity contribution is 5.92. The van der Waals surface area contributed by atoms with Gasteiger partial charge in [0, 0.05) is 18.2 Å². The minimum Gasteiger partial charge on any atom is -0.268 e. The molecule has 0 aliphatic heterocycles. The zero-order valence-electron chi connectivity index (χ0n) is 10.5. The zero-order valence-corrected chi connectivity index (χ0v) is 10.5. The van der Waals surface area contributed by atoms with Gasteiger partial charge in [0.1, 0.15) is 0 Å². The Labute approximate surface area is 117 Å². The number of nitro benzene ring substituents is 1. The van der Waals surface area contributed by atoms with Crippen molar-refractivity contribution in [3.8, 4) is 0 Å². The number of rotatable bonds is 4. The van der Waals surface area contributed by atoms with Gasteiger partial charge in [-0.05, 0) is 23.8 Å². The van der Waals surface area contributed by atoms with Gasteiger partial charge in [0.05, 0.1) is 11.1 Å². The molecule has 0 saturated heterocycles. The molecule has 0 aliphatic carbocycles. The van der Waals surface area contributed by atoms with E-state index in [2.05, 4.69) is 20.7 Å². The summed E-state index contributed by atoms with van der Waals surface area (Å²) < 4.78 is 0. The number of hydrogen-bond acceptors (Lipinski definition) is 6. The summed E-state index contributed by atoms with van der Waals surface area (Å²) >= 11 is 0. The number of carbonyl (C=O) groups is 1. The third-order valence-electron chi connectivity index (χ3n) is 2.40. The van der Waals surface area contributed by atoms with E-state index in [9.17, 15) is 19.7 Å². The number of carbonyl (C=O) groups excluding carboxylic acids is 1. The second kappa shape index (κ2) is 6.19. The van der Waals surface area contributed by atoms with Crippen LogP contribution in [-0.2, 0) is 0 Å². The van der Waals surface area contributed by atoms with Gasteiger partial charge in [0.25, 0.3) is 17.2 Å². The number of hydrazone groups is 1. The highest BCUT2D eigenvalue weighted by Gasteiger charge is 2.05. The van der Waals surface area contributed by atoms with Gasteiger partial charge in [-0.25, -0.2) is 10.5 Å². The summed E-state index contributed by atoms with van der Waals surface area (Å²) in [7, 11) is 0. The maximum absolute atomic E-state index is 11.6. The molecular weight excluding hydrogens is 278 g/mol. The SMILES string of the molecule is O=C(N/N=C\c1ccc([N+](=O)[O-])cc1)c1ccc(=O)[nH]n1. The number of aromatic amines is 1. The van der Waals surface area contributed by atoms with E-state index in [1.165, 1.54) is 42.6 Å². The largest absolute Gasteiger partial charge is 0.291 e. The van der Waals surface area contributed by atoms with Crippen molar-refractivity contribution in [3.63, 3.8) is 0 Å². The van der Waals surface area contributed by atoms with Gasteiger partial charge in [-0.15, -0.1) is 0 Å². The maximum Gasteiger partial charge on any atom is 0.291 e. The summed E-state index contributed by atoms with van der Waals surface area (Å²) in [5.74, 6) is -0.593. The molecular formula is C12H9N5O4. The normalized spacial score (nSPS) is 10.5. The maximum atomic E-state index is 11.6. The number of amides is 1. The number of hydrogen-bond donors (Lipinski definition) is 2. The molecule has 1 aromatic carbocycles. The van der Waals surface area contributed by atoms with E-state index in [0.717, 1.165) is 0 Å². The van der Waals surface area contributed by atoms with Crippen LogP contribution in [0, 0.1) is 10.1 Å². The fraction of sp³-hybridized carbons (Fsp3) is 0. The molecule has 0 spiro atoms. The highest BCUT2D eigenvalue weighted by atomic mass is 16.6. The molecule has 1 heterocycles. The van der Waals surface area contributed by atoms with E-state index >= 15 is 0 Å². The first kappa shape index (κ1) is 14.1. The van der Waals surface area contributed by atoms with Gasteiger partial charge in [-0.3, -0.25) is 19.7 Å². The van der Waals surface area contributed by atoms with Gasteiger partial charge < -0.3 is 0 Å². The van der Waals surface area contributed by atoms with E-state index in [0.29, 0.717) is 5.56 Å². The molecule has 0 radical (unpaired) electrons. The van der Waals surface area contributed by atoms with Crippen molar-refractivity contribution in [2.45, 2.75) is 0 Å². The lowest BCUT2D eigenvalue weighted by Crippen LogP contribution is -2.21. The molecule has 21 heavy (non-hydrogen) atoms. The Morgan fingerprint density at radius 3 is 2.57 bits per heavy atom. The molecule has 0 fully saturated rings. The average Bonchev–Trinajstić information content (AvgIpc) is 2.48. The molecule has 0 saturated carbocycles. The van der Waals surface area contributed by atoms with E-state index in [-0.39, 0.29) is 11.4 Å². The molecule has 1 amide bonds. The lowest BCUT2D eigenvalue weighted by molar-refractivity contribution is -0.384. The van der Waals surface area contributed by atoms with Gasteiger partial charge in [0.15, 0.2) is 5.69 Å². The highest BCUT2D eigenvalue weighted by Crippen LogP contribution is 2.10. The number of aromatic nitrogens is 2. The third-order valence-corrected chi connectivity index (χ3v) is 2.40. The Kier molecular flexibility index (Phi) is 4.14. The summed E-state index contributed by atoms with van der Waals surface area (Å²) in [6, 6.07) is 8.06. The van der Waals surface area contributed by atoms with Crippen molar-refractivity contribution in [2.24, 2.45) is 5.10 Å². The Morgan fingerprint density at radius 1 is 1.29 bits per heavy atom. The molecule has 2 rings (SSSR count). The number of nitrogens with one attached hydrogen (secondary N) is 2. The molecule has 9 nitrogen and oxygen atoms in total. The molecule has 0 bridgehead atoms. The van der Waals surface area contributed by atoms with Crippen LogP contribution < -0.4 is 11.0 Å². The van der Waals surface area contributed by atoms with Gasteiger partial charge in [-0.2, -0.15) is 10.2 Å². The topological polar surface area (TPSA) is 130 Å². The van der Waals surface area contributed by atoms with E-state index in [1.807, 2.05) is 0 Å². The van der Waals surface area contributed by atoms with Crippen LogP contribution in [0.3, 0.4) is 0 Å². The molecule has 2 aromatic rings. The molecule has 1 aromatic heterocycles. The van der Waals surface area contributed by atoms with Crippen LogP contribution in [0.4, 0.5) is 5.69 Å². The Hall–Kier alpha value is -3.36. The number of non-ortho nitro benzene ring substituents is 1. The Balaban J connectivity index is 1.98. The van der Waals surface area contributed by atoms with Crippen LogP contribution >= 0.6 is 0 Å². The van der Waals surface area contributed by atoms with Crippen molar-refractivity contribution < 1.29 is 9.72 Å². The van der Waals surface area contributed by atoms with Crippen molar-refractivity contribution >= 4 is 17.8 Å². The van der Waals surface area contributed by atoms with Gasteiger partial charge >= 0.3 is 0 Å². The van der Waals surface area contributed by atoms with Crippen LogP contribution in [0.5, 0.6) is 0 Å². The predicted molar refractivity (Wildman–Crippen MR) is 73.0 cm³/mol. The van der Waals surface area contributed by atoms with Crippen LogP contribution in [0.2, 0.25) is 0 Å². The molecule has 0 aliphatic rings. The number of nitro groups is 1. The summed E-state index contributed by atoms with van der Waals surface area (Å²) in [6.07, 6.45) is 1.33. The number of H-pyrrole nitrogens is 1. The minimum atomic E-state index is -0.593. The lowest BCUT2D eigenvalue weighted by Gasteiger charge is -1.97. The summed E-state index contributed by atoms with van der Waals surface area (Å²) in [5, 5.41) is 19.8. The minimum absolute atomic E-state index is 0.00968. The van der Waals surface area contributed by atoms with E-state index in [1.54, 1.807) is 0 Å². The molecule has 9 heteroatoms. The van der Waals surface area contributed by atoms with E-state index in [4.69, 9.17) is 0 Å². The van der Waals surface area contributed by atoms with Gasteiger partial charge in [-0.1, -0.05) is 0 Å². The molecule has 0 atom stereocenters. The fourth-order valence-corrected chi connectivity index (χ4v) is 1.38. The summed E-state index contributed by atoms with van der Waals surface area (Å²) in [4.78, 5) is 32.4. The smallest absolute Gasteiger partial charge is 0.268 e. The predicted octanol–water partition coefficient (Wildman–Crippen LogP) is 0.442. The third kappa shape index (κ3) is 3.80. The van der Waals surface area contributed by atoms with Crippen molar-refractivity contribution in [1.29, 1.82) is 0 Å². The standard InChI is InChI=1S/C12H9N5O4/c18-11-6-5-10(14-15-11)12(19)16-13-7-8-1-3-9(4-2-8)17(20)21/h1-7H,(H,15,18)(H,16,19)/b13-7-. The van der Waals surface area contributed by atoms with Crippen LogP contribution in [0.25, 0.3) is 0 Å². The monoisotopic (exact) mass is 287 g/mol. The molecule has 2 N–H and O–H groups in total. The number of nitrogens with zero attached hydrogens (tertiary/aromatic N) is 3. The van der Waals surface area contributed by atoms with Crippen LogP contribution in [-0.4, -0.2) is 27.2 Å². The second-order valence-corrected chi connectivity index (χ2v) is 3.85. The Morgan fingerprint density at radius 2 is 2.00 bits per heavy atom. The second-order valence-electron chi connectivity index (χ2n) is 3.85. The van der Waals surface area contributed by atoms with Crippen LogP contribution in [0.15, 0.2) is 46.3 Å². The van der Waals surface area contributed by atoms with Gasteiger partial charge in [0.2, 0.25) is 0 Å². The first-order valence-electron chi connectivity index (χ1n) is 5.70. The average molecular weight is 287 g/mol. The lowest BCUT2D eigenvalue weighted by atomic mass is 10.2. The van der Waals surface area contributed by atoms with Crippen molar-refractivity contribution in [1.82, 2.24) is 15.6 Å². The summed E-state index contributed by atoms with van der Waals surface area (Å²) in [5.41, 5.74) is 2.36. The van der Waals surface area contributed by atoms with Crippen molar-refractivity contribution in [2.75, 3.05) is 0 Å². The first-order chi connectivity index (χ1) is 10.1. The fourth-order valence-electron chi connectivity index (χ4n) is 1.38. The number of benzene rings is 1. The van der Waals surface area contributed by atoms with Crippen LogP contribution in [0.1, 0.15) is 16.1 Å².